The summed E-state index contributed by atoms with van der Waals surface area (Å²) in [5.41, 5.74) is 4.22. The predicted molar refractivity (Wildman–Crippen MR) is 67.2 cm³/mol. The average Bonchev–Trinajstić information content (AvgIpc) is 2.40. The van der Waals surface area contributed by atoms with Crippen LogP contribution in [-0.4, -0.2) is 24.2 Å². The molecule has 1 aliphatic rings. The van der Waals surface area contributed by atoms with Gasteiger partial charge in [0.1, 0.15) is 0 Å². The molecule has 0 amide bonds. The monoisotopic (exact) mass is 235 g/mol. The quantitative estimate of drug-likeness (QED) is 0.596. The van der Waals surface area contributed by atoms with Gasteiger partial charge in [-0.2, -0.15) is 0 Å². The SMILES string of the molecule is NNC(Cc1ccncc1)CC1CCOCC1. The molecule has 4 heteroatoms. The molecule has 2 rings (SSSR count). The maximum atomic E-state index is 5.64. The predicted octanol–water partition coefficient (Wildman–Crippen LogP) is 1.27. The Balaban J connectivity index is 1.83. The van der Waals surface area contributed by atoms with Crippen LogP contribution in [0.5, 0.6) is 0 Å². The van der Waals surface area contributed by atoms with Crippen molar-refractivity contribution in [3.05, 3.63) is 30.1 Å². The molecule has 0 aliphatic carbocycles. The van der Waals surface area contributed by atoms with E-state index < -0.39 is 0 Å². The van der Waals surface area contributed by atoms with Crippen LogP contribution in [0.15, 0.2) is 24.5 Å². The van der Waals surface area contributed by atoms with Crippen molar-refractivity contribution in [2.45, 2.75) is 31.7 Å². The lowest BCUT2D eigenvalue weighted by Gasteiger charge is -2.26. The Labute approximate surface area is 103 Å². The van der Waals surface area contributed by atoms with Gasteiger partial charge in [0.15, 0.2) is 0 Å². The molecule has 0 spiro atoms. The molecule has 1 aliphatic heterocycles. The van der Waals surface area contributed by atoms with Crippen LogP contribution in [0.2, 0.25) is 0 Å². The Morgan fingerprint density at radius 1 is 1.35 bits per heavy atom. The minimum absolute atomic E-state index is 0.348. The fourth-order valence-electron chi connectivity index (χ4n) is 2.40. The number of pyridine rings is 1. The van der Waals surface area contributed by atoms with E-state index in [9.17, 15) is 0 Å². The number of nitrogens with zero attached hydrogens (tertiary/aromatic N) is 1. The Morgan fingerprint density at radius 3 is 2.71 bits per heavy atom. The number of nitrogens with one attached hydrogen (secondary N) is 1. The van der Waals surface area contributed by atoms with Crippen LogP contribution in [0.25, 0.3) is 0 Å². The number of rotatable bonds is 5. The number of nitrogens with two attached hydrogens (primary N) is 1. The lowest BCUT2D eigenvalue weighted by atomic mass is 9.90. The third kappa shape index (κ3) is 4.07. The number of hydrogen-bond acceptors (Lipinski definition) is 4. The molecule has 0 saturated carbocycles. The van der Waals surface area contributed by atoms with Crippen LogP contribution in [0.1, 0.15) is 24.8 Å². The molecule has 3 N–H and O–H groups in total. The smallest absolute Gasteiger partial charge is 0.0468 e. The van der Waals surface area contributed by atoms with E-state index >= 15 is 0 Å². The van der Waals surface area contributed by atoms with Crippen LogP contribution in [-0.2, 0) is 11.2 Å². The molecule has 94 valence electrons. The Hall–Kier alpha value is -0.970. The lowest BCUT2D eigenvalue weighted by Crippen LogP contribution is -2.39. The highest BCUT2D eigenvalue weighted by Crippen LogP contribution is 2.21. The molecule has 0 bridgehead atoms. The van der Waals surface area contributed by atoms with Gasteiger partial charge in [-0.1, -0.05) is 0 Å². The second-order valence-corrected chi connectivity index (χ2v) is 4.71. The molecule has 1 aromatic heterocycles. The van der Waals surface area contributed by atoms with Gasteiger partial charge in [-0.15, -0.1) is 0 Å². The van der Waals surface area contributed by atoms with Crippen LogP contribution < -0.4 is 11.3 Å². The zero-order chi connectivity index (χ0) is 11.9. The van der Waals surface area contributed by atoms with Gasteiger partial charge in [-0.3, -0.25) is 16.3 Å². The number of aromatic nitrogens is 1. The molecule has 17 heavy (non-hydrogen) atoms. The van der Waals surface area contributed by atoms with E-state index in [1.807, 2.05) is 24.5 Å². The van der Waals surface area contributed by atoms with Crippen LogP contribution in [0.3, 0.4) is 0 Å². The highest BCUT2D eigenvalue weighted by atomic mass is 16.5. The normalized spacial score (nSPS) is 19.1. The summed E-state index contributed by atoms with van der Waals surface area (Å²) in [7, 11) is 0. The van der Waals surface area contributed by atoms with Crippen LogP contribution in [0, 0.1) is 5.92 Å². The van der Waals surface area contributed by atoms with Crippen molar-refractivity contribution in [3.8, 4) is 0 Å². The zero-order valence-electron chi connectivity index (χ0n) is 10.1. The Bertz CT molecular complexity index is 312. The first-order valence-electron chi connectivity index (χ1n) is 6.31. The van der Waals surface area contributed by atoms with Crippen molar-refractivity contribution in [3.63, 3.8) is 0 Å². The minimum atomic E-state index is 0.348. The molecule has 0 aromatic carbocycles. The minimum Gasteiger partial charge on any atom is -0.381 e. The topological polar surface area (TPSA) is 60.2 Å². The van der Waals surface area contributed by atoms with Gasteiger partial charge in [0, 0.05) is 31.6 Å². The molecule has 2 heterocycles. The Morgan fingerprint density at radius 2 is 2.06 bits per heavy atom. The summed E-state index contributed by atoms with van der Waals surface area (Å²) < 4.78 is 5.37. The van der Waals surface area contributed by atoms with Crippen molar-refractivity contribution in [2.75, 3.05) is 13.2 Å². The summed E-state index contributed by atoms with van der Waals surface area (Å²) in [5.74, 6) is 6.38. The third-order valence-corrected chi connectivity index (χ3v) is 3.43. The molecule has 1 saturated heterocycles. The maximum absolute atomic E-state index is 5.64. The van der Waals surface area contributed by atoms with Gasteiger partial charge in [-0.05, 0) is 49.3 Å². The van der Waals surface area contributed by atoms with E-state index in [-0.39, 0.29) is 0 Å². The molecular weight excluding hydrogens is 214 g/mol. The number of ether oxygens (including phenoxy) is 1. The van der Waals surface area contributed by atoms with Gasteiger partial charge in [0.05, 0.1) is 0 Å². The first-order chi connectivity index (χ1) is 8.38. The fraction of sp³-hybridized carbons (Fsp3) is 0.615. The van der Waals surface area contributed by atoms with Gasteiger partial charge < -0.3 is 4.74 Å². The molecule has 1 unspecified atom stereocenters. The first-order valence-corrected chi connectivity index (χ1v) is 6.31. The second-order valence-electron chi connectivity index (χ2n) is 4.71. The molecule has 1 atom stereocenters. The number of hydrogen-bond donors (Lipinski definition) is 2. The summed E-state index contributed by atoms with van der Waals surface area (Å²) in [6.45, 7) is 1.80. The van der Waals surface area contributed by atoms with Crippen molar-refractivity contribution in [2.24, 2.45) is 11.8 Å². The summed E-state index contributed by atoms with van der Waals surface area (Å²) in [6, 6.07) is 4.45. The molecular formula is C13H21N3O. The average molecular weight is 235 g/mol. The zero-order valence-corrected chi connectivity index (χ0v) is 10.1. The largest absolute Gasteiger partial charge is 0.381 e. The van der Waals surface area contributed by atoms with E-state index in [0.717, 1.165) is 44.8 Å². The van der Waals surface area contributed by atoms with Crippen molar-refractivity contribution in [1.29, 1.82) is 0 Å². The maximum Gasteiger partial charge on any atom is 0.0468 e. The third-order valence-electron chi connectivity index (χ3n) is 3.43. The standard InChI is InChI=1S/C13H21N3O/c14-16-13(9-11-1-5-15-6-2-11)10-12-3-7-17-8-4-12/h1-2,5-6,12-13,16H,3-4,7-10,14H2. The summed E-state index contributed by atoms with van der Waals surface area (Å²) in [5, 5.41) is 0. The first kappa shape index (κ1) is 12.5. The van der Waals surface area contributed by atoms with Gasteiger partial charge in [0.2, 0.25) is 0 Å². The van der Waals surface area contributed by atoms with Crippen LogP contribution in [0.4, 0.5) is 0 Å². The fourth-order valence-corrected chi connectivity index (χ4v) is 2.40. The molecule has 0 radical (unpaired) electrons. The lowest BCUT2D eigenvalue weighted by molar-refractivity contribution is 0.0605. The van der Waals surface area contributed by atoms with E-state index in [1.165, 1.54) is 5.56 Å². The molecule has 1 fully saturated rings. The van der Waals surface area contributed by atoms with E-state index in [0.29, 0.717) is 6.04 Å². The van der Waals surface area contributed by atoms with Crippen molar-refractivity contribution >= 4 is 0 Å². The van der Waals surface area contributed by atoms with Gasteiger partial charge >= 0.3 is 0 Å². The summed E-state index contributed by atoms with van der Waals surface area (Å²) in [6.07, 6.45) is 8.08. The van der Waals surface area contributed by atoms with E-state index in [1.54, 1.807) is 0 Å². The summed E-state index contributed by atoms with van der Waals surface area (Å²) in [4.78, 5) is 4.03. The van der Waals surface area contributed by atoms with E-state index in [4.69, 9.17) is 10.6 Å². The van der Waals surface area contributed by atoms with Crippen molar-refractivity contribution < 1.29 is 4.74 Å². The molecule has 1 aromatic rings. The summed E-state index contributed by atoms with van der Waals surface area (Å²) >= 11 is 0. The van der Waals surface area contributed by atoms with Gasteiger partial charge in [0.25, 0.3) is 0 Å². The Kier molecular flexibility index (Phi) is 4.91. The number of hydrazine groups is 1. The molecule has 4 nitrogen and oxygen atoms in total. The van der Waals surface area contributed by atoms with Crippen molar-refractivity contribution in [1.82, 2.24) is 10.4 Å². The van der Waals surface area contributed by atoms with E-state index in [2.05, 4.69) is 10.4 Å². The second kappa shape index (κ2) is 6.69. The van der Waals surface area contributed by atoms with Gasteiger partial charge in [-0.25, -0.2) is 0 Å². The van der Waals surface area contributed by atoms with Crippen LogP contribution >= 0.6 is 0 Å². The highest BCUT2D eigenvalue weighted by molar-refractivity contribution is 5.11. The highest BCUT2D eigenvalue weighted by Gasteiger charge is 2.18.